The van der Waals surface area contributed by atoms with Gasteiger partial charge in [-0.3, -0.25) is 0 Å². The van der Waals surface area contributed by atoms with Crippen LogP contribution in [0.5, 0.6) is 23.0 Å². The van der Waals surface area contributed by atoms with Crippen molar-refractivity contribution < 1.29 is 52.4 Å². The largest absolute Gasteiger partial charge is 0.494 e. The molecule has 59 heavy (non-hydrogen) atoms. The molecule has 0 bridgehead atoms. The van der Waals surface area contributed by atoms with Gasteiger partial charge in [0.25, 0.3) is 0 Å². The van der Waals surface area contributed by atoms with Crippen LogP contribution >= 0.6 is 0 Å². The Morgan fingerprint density at radius 3 is 1.83 bits per heavy atom. The van der Waals surface area contributed by atoms with Gasteiger partial charge in [-0.05, 0) is 141 Å². The fraction of sp³-hybridized carbons (Fsp3) is 0.229. The molecule has 11 nitrogen and oxygen atoms in total. The third-order valence-corrected chi connectivity index (χ3v) is 9.18. The molecule has 0 fully saturated rings. The number of rotatable bonds is 17. The topological polar surface area (TPSA) is 141 Å². The van der Waals surface area contributed by atoms with Crippen LogP contribution in [-0.2, 0) is 41.5 Å². The average Bonchev–Trinajstić information content (AvgIpc) is 3.21. The SMILES string of the molecule is C=C(C)C(=O)OCC(CCOc1ccc2c(c1)CCc1cc(/C=C/C(=O)Oc3ccc(OC(=O)c4ccc(OC(=O)C(=C)C)cc4)cc3C)ccc1-2)COC(=O)C(=C)C. The molecule has 304 valence electrons. The van der Waals surface area contributed by atoms with Crippen LogP contribution in [0, 0.1) is 12.8 Å². The van der Waals surface area contributed by atoms with Gasteiger partial charge >= 0.3 is 29.8 Å². The molecule has 0 unspecified atom stereocenters. The number of carbonyl (C=O) groups excluding carboxylic acids is 5. The van der Waals surface area contributed by atoms with Crippen molar-refractivity contribution in [3.63, 3.8) is 0 Å². The van der Waals surface area contributed by atoms with Gasteiger partial charge in [0.1, 0.15) is 23.0 Å². The Labute approximate surface area is 343 Å². The van der Waals surface area contributed by atoms with E-state index in [9.17, 15) is 24.0 Å². The van der Waals surface area contributed by atoms with E-state index in [0.717, 1.165) is 40.7 Å². The van der Waals surface area contributed by atoms with Gasteiger partial charge in [-0.1, -0.05) is 44.0 Å². The van der Waals surface area contributed by atoms with Crippen LogP contribution in [0.4, 0.5) is 0 Å². The molecule has 0 aromatic heterocycles. The third kappa shape index (κ3) is 12.2. The highest BCUT2D eigenvalue weighted by Crippen LogP contribution is 2.36. The summed E-state index contributed by atoms with van der Waals surface area (Å²) in [6.07, 6.45) is 5.16. The lowest BCUT2D eigenvalue weighted by molar-refractivity contribution is -0.144. The van der Waals surface area contributed by atoms with Crippen molar-refractivity contribution in [2.24, 2.45) is 5.92 Å². The minimum absolute atomic E-state index is 0.0599. The third-order valence-electron chi connectivity index (χ3n) is 9.18. The highest BCUT2D eigenvalue weighted by atomic mass is 16.6. The van der Waals surface area contributed by atoms with Crippen molar-refractivity contribution in [1.29, 1.82) is 0 Å². The second-order valence-corrected chi connectivity index (χ2v) is 14.3. The van der Waals surface area contributed by atoms with Crippen molar-refractivity contribution in [3.05, 3.63) is 149 Å². The van der Waals surface area contributed by atoms with Crippen LogP contribution in [0.25, 0.3) is 17.2 Å². The maximum absolute atomic E-state index is 12.8. The molecule has 4 aromatic carbocycles. The predicted molar refractivity (Wildman–Crippen MR) is 222 cm³/mol. The lowest BCUT2D eigenvalue weighted by Gasteiger charge is -2.22. The van der Waals surface area contributed by atoms with Gasteiger partial charge in [-0.2, -0.15) is 0 Å². The molecule has 0 atom stereocenters. The number of esters is 5. The lowest BCUT2D eigenvalue weighted by Crippen LogP contribution is -2.23. The Bertz CT molecular complexity index is 2300. The van der Waals surface area contributed by atoms with E-state index in [1.54, 1.807) is 39.0 Å². The minimum atomic E-state index is -0.609. The number of fused-ring (bicyclic) bond motifs is 3. The molecular formula is C48H46O11. The summed E-state index contributed by atoms with van der Waals surface area (Å²) in [6.45, 7) is 17.6. The predicted octanol–water partition coefficient (Wildman–Crippen LogP) is 8.70. The summed E-state index contributed by atoms with van der Waals surface area (Å²) in [5.74, 6) is -1.45. The Morgan fingerprint density at radius 1 is 0.644 bits per heavy atom. The molecule has 0 saturated heterocycles. The number of hydrogen-bond donors (Lipinski definition) is 0. The normalized spacial score (nSPS) is 11.5. The van der Waals surface area contributed by atoms with Crippen LogP contribution in [-0.4, -0.2) is 49.7 Å². The summed E-state index contributed by atoms with van der Waals surface area (Å²) >= 11 is 0. The molecule has 0 radical (unpaired) electrons. The standard InChI is InChI=1S/C48H46O11/c1-29(2)45(50)55-27-34(28-56-46(51)30(3)4)22-23-54-39-16-19-42-37(26-39)11-10-36-25-33(8-18-41(36)42)9-21-44(49)59-43-20-17-40(24-32(43)7)58-48(53)35-12-14-38(15-13-35)57-47(52)31(5)6/h8-9,12-21,24-26,34H,1,3,5,10-11,22-23,27-28H2,2,4,6-7H3/b21-9+. The first-order valence-corrected chi connectivity index (χ1v) is 18.9. The summed E-state index contributed by atoms with van der Waals surface area (Å²) in [4.78, 5) is 61.1. The van der Waals surface area contributed by atoms with Gasteiger partial charge < -0.3 is 28.4 Å². The van der Waals surface area contributed by atoms with Crippen molar-refractivity contribution >= 4 is 35.9 Å². The molecule has 4 aromatic rings. The molecule has 0 spiro atoms. The Hall–Kier alpha value is -7.01. The van der Waals surface area contributed by atoms with Crippen LogP contribution in [0.15, 0.2) is 121 Å². The van der Waals surface area contributed by atoms with E-state index in [0.29, 0.717) is 30.1 Å². The summed E-state index contributed by atoms with van der Waals surface area (Å²) in [6, 6.07) is 22.7. The number of benzene rings is 4. The van der Waals surface area contributed by atoms with Crippen LogP contribution in [0.2, 0.25) is 0 Å². The van der Waals surface area contributed by atoms with Crippen LogP contribution in [0.3, 0.4) is 0 Å². The molecule has 0 heterocycles. The summed E-state index contributed by atoms with van der Waals surface area (Å²) in [7, 11) is 0. The number of aryl methyl sites for hydroxylation is 3. The van der Waals surface area contributed by atoms with Crippen molar-refractivity contribution in [1.82, 2.24) is 0 Å². The maximum Gasteiger partial charge on any atom is 0.343 e. The smallest absolute Gasteiger partial charge is 0.343 e. The van der Waals surface area contributed by atoms with Gasteiger partial charge in [0, 0.05) is 28.7 Å². The molecule has 0 amide bonds. The minimum Gasteiger partial charge on any atom is -0.494 e. The van der Waals surface area contributed by atoms with E-state index in [-0.39, 0.29) is 52.9 Å². The monoisotopic (exact) mass is 798 g/mol. The maximum atomic E-state index is 12.8. The Morgan fingerprint density at radius 2 is 1.22 bits per heavy atom. The van der Waals surface area contributed by atoms with Gasteiger partial charge in [-0.25, -0.2) is 24.0 Å². The molecule has 1 aliphatic rings. The molecule has 0 N–H and O–H groups in total. The summed E-state index contributed by atoms with van der Waals surface area (Å²) in [5.41, 5.74) is 7.04. The second-order valence-electron chi connectivity index (χ2n) is 14.3. The van der Waals surface area contributed by atoms with Crippen LogP contribution < -0.4 is 18.9 Å². The quantitative estimate of drug-likeness (QED) is 0.0576. The molecule has 5 rings (SSSR count). The first-order chi connectivity index (χ1) is 28.2. The number of hydrogen-bond acceptors (Lipinski definition) is 11. The van der Waals surface area contributed by atoms with E-state index >= 15 is 0 Å². The van der Waals surface area contributed by atoms with Gasteiger partial charge in [0.05, 0.1) is 25.4 Å². The first-order valence-electron chi connectivity index (χ1n) is 18.9. The number of carbonyl (C=O) groups is 5. The zero-order valence-corrected chi connectivity index (χ0v) is 33.6. The fourth-order valence-corrected chi connectivity index (χ4v) is 5.90. The molecule has 0 saturated carbocycles. The number of ether oxygens (including phenoxy) is 6. The Kier molecular flexibility index (Phi) is 14.6. The van der Waals surface area contributed by atoms with Crippen molar-refractivity contribution in [2.75, 3.05) is 19.8 Å². The summed E-state index contributed by atoms with van der Waals surface area (Å²) < 4.78 is 32.9. The van der Waals surface area contributed by atoms with E-state index in [1.807, 2.05) is 30.3 Å². The summed E-state index contributed by atoms with van der Waals surface area (Å²) in [5, 5.41) is 0. The van der Waals surface area contributed by atoms with E-state index < -0.39 is 29.8 Å². The highest BCUT2D eigenvalue weighted by Gasteiger charge is 2.19. The van der Waals surface area contributed by atoms with Crippen molar-refractivity contribution in [3.8, 4) is 34.1 Å². The molecule has 0 aliphatic heterocycles. The van der Waals surface area contributed by atoms with Crippen molar-refractivity contribution in [2.45, 2.75) is 47.0 Å². The average molecular weight is 799 g/mol. The van der Waals surface area contributed by atoms with E-state index in [1.165, 1.54) is 43.3 Å². The fourth-order valence-electron chi connectivity index (χ4n) is 5.90. The first kappa shape index (κ1) is 43.1. The van der Waals surface area contributed by atoms with Gasteiger partial charge in [0.2, 0.25) is 0 Å². The van der Waals surface area contributed by atoms with Gasteiger partial charge in [-0.15, -0.1) is 0 Å². The second kappa shape index (κ2) is 19.9. The van der Waals surface area contributed by atoms with E-state index in [2.05, 4.69) is 25.8 Å². The lowest BCUT2D eigenvalue weighted by atomic mass is 9.84. The van der Waals surface area contributed by atoms with Crippen LogP contribution in [0.1, 0.15) is 59.8 Å². The highest BCUT2D eigenvalue weighted by molar-refractivity contribution is 5.92. The zero-order valence-electron chi connectivity index (χ0n) is 33.6. The molecule has 1 aliphatic carbocycles. The zero-order chi connectivity index (χ0) is 42.6. The molecule has 11 heteroatoms. The Balaban J connectivity index is 1.13. The van der Waals surface area contributed by atoms with Gasteiger partial charge in [0.15, 0.2) is 0 Å². The van der Waals surface area contributed by atoms with E-state index in [4.69, 9.17) is 28.4 Å². The molecular weight excluding hydrogens is 753 g/mol.